The highest BCUT2D eigenvalue weighted by Gasteiger charge is 2.33. The fourth-order valence-corrected chi connectivity index (χ4v) is 4.09. The van der Waals surface area contributed by atoms with Gasteiger partial charge in [-0.1, -0.05) is 29.8 Å². The molecule has 1 aromatic rings. The Labute approximate surface area is 115 Å². The second-order valence-corrected chi connectivity index (χ2v) is 7.09. The van der Waals surface area contributed by atoms with Gasteiger partial charge in [0.15, 0.2) is 0 Å². The molecule has 2 atom stereocenters. The lowest BCUT2D eigenvalue weighted by molar-refractivity contribution is -0.0232. The molecule has 106 valence electrons. The molecule has 1 heterocycles. The number of benzene rings is 1. The monoisotopic (exact) mass is 283 g/mol. The van der Waals surface area contributed by atoms with E-state index in [2.05, 4.69) is 0 Å². The van der Waals surface area contributed by atoms with Crippen LogP contribution in [-0.2, 0) is 20.5 Å². The molecule has 0 spiro atoms. The highest BCUT2D eigenvalue weighted by molar-refractivity contribution is 7.88. The van der Waals surface area contributed by atoms with Crippen LogP contribution in [0.15, 0.2) is 24.3 Å². The second kappa shape index (κ2) is 5.61. The van der Waals surface area contributed by atoms with Crippen LogP contribution in [0, 0.1) is 6.92 Å². The molecule has 0 bridgehead atoms. The Balaban J connectivity index is 2.15. The van der Waals surface area contributed by atoms with E-state index in [9.17, 15) is 8.42 Å². The maximum Gasteiger partial charge on any atom is 0.218 e. The van der Waals surface area contributed by atoms with E-state index in [1.165, 1.54) is 0 Å². The first-order valence-corrected chi connectivity index (χ1v) is 8.18. The first kappa shape index (κ1) is 14.5. The molecule has 0 saturated carbocycles. The summed E-state index contributed by atoms with van der Waals surface area (Å²) in [6.07, 6.45) is -0.0541. The molecule has 1 fully saturated rings. The van der Waals surface area contributed by atoms with Crippen molar-refractivity contribution in [3.05, 3.63) is 35.4 Å². The Kier molecular flexibility index (Phi) is 4.28. The number of aryl methyl sites for hydroxylation is 1. The molecule has 1 aliphatic rings. The molecule has 1 aromatic carbocycles. The predicted molar refractivity (Wildman–Crippen MR) is 75.4 cm³/mol. The molecule has 0 radical (unpaired) electrons. The van der Waals surface area contributed by atoms with Crippen molar-refractivity contribution in [1.29, 1.82) is 0 Å². The van der Waals surface area contributed by atoms with Crippen LogP contribution in [0.2, 0.25) is 0 Å². The van der Waals surface area contributed by atoms with Gasteiger partial charge in [-0.15, -0.1) is 0 Å². The SMILES string of the molecule is Cc1ccc(CS(=O)(=O)N2CCOC(C)C2C)cc1. The van der Waals surface area contributed by atoms with E-state index in [-0.39, 0.29) is 17.9 Å². The highest BCUT2D eigenvalue weighted by Crippen LogP contribution is 2.20. The third-order valence-electron chi connectivity index (χ3n) is 3.65. The van der Waals surface area contributed by atoms with Crippen molar-refractivity contribution in [2.75, 3.05) is 13.2 Å². The third kappa shape index (κ3) is 3.35. The average Bonchev–Trinajstić information content (AvgIpc) is 2.35. The Hall–Kier alpha value is -0.910. The van der Waals surface area contributed by atoms with Crippen LogP contribution < -0.4 is 0 Å². The zero-order chi connectivity index (χ0) is 14.0. The molecule has 1 aliphatic heterocycles. The van der Waals surface area contributed by atoms with Gasteiger partial charge < -0.3 is 4.74 Å². The van der Waals surface area contributed by atoms with Crippen molar-refractivity contribution in [1.82, 2.24) is 4.31 Å². The van der Waals surface area contributed by atoms with E-state index >= 15 is 0 Å². The van der Waals surface area contributed by atoms with Gasteiger partial charge in [0.2, 0.25) is 10.0 Å². The predicted octanol–water partition coefficient (Wildman–Crippen LogP) is 1.93. The summed E-state index contributed by atoms with van der Waals surface area (Å²) in [4.78, 5) is 0. The number of sulfonamides is 1. The zero-order valence-electron chi connectivity index (χ0n) is 11.7. The third-order valence-corrected chi connectivity index (χ3v) is 5.58. The van der Waals surface area contributed by atoms with Gasteiger partial charge in [0, 0.05) is 12.6 Å². The van der Waals surface area contributed by atoms with E-state index in [0.717, 1.165) is 11.1 Å². The summed E-state index contributed by atoms with van der Waals surface area (Å²) in [6.45, 7) is 6.72. The van der Waals surface area contributed by atoms with Crippen LogP contribution in [0.4, 0.5) is 0 Å². The summed E-state index contributed by atoms with van der Waals surface area (Å²) < 4.78 is 32.0. The smallest absolute Gasteiger partial charge is 0.218 e. The second-order valence-electron chi connectivity index (χ2n) is 5.17. The maximum absolute atomic E-state index is 12.5. The van der Waals surface area contributed by atoms with Crippen molar-refractivity contribution in [2.45, 2.75) is 38.7 Å². The fourth-order valence-electron chi connectivity index (χ4n) is 2.28. The van der Waals surface area contributed by atoms with Gasteiger partial charge in [0.25, 0.3) is 0 Å². The normalized spacial score (nSPS) is 25.4. The molecule has 1 saturated heterocycles. The van der Waals surface area contributed by atoms with Crippen molar-refractivity contribution < 1.29 is 13.2 Å². The maximum atomic E-state index is 12.5. The van der Waals surface area contributed by atoms with Gasteiger partial charge in [-0.2, -0.15) is 4.31 Å². The molecule has 2 unspecified atom stereocenters. The molecule has 19 heavy (non-hydrogen) atoms. The lowest BCUT2D eigenvalue weighted by atomic mass is 10.2. The van der Waals surface area contributed by atoms with Crippen LogP contribution >= 0.6 is 0 Å². The summed E-state index contributed by atoms with van der Waals surface area (Å²) in [5.74, 6) is 0.0599. The molecular weight excluding hydrogens is 262 g/mol. The molecule has 4 nitrogen and oxygen atoms in total. The number of ether oxygens (including phenoxy) is 1. The minimum atomic E-state index is -3.28. The van der Waals surface area contributed by atoms with Gasteiger partial charge in [0.05, 0.1) is 18.5 Å². The summed E-state index contributed by atoms with van der Waals surface area (Å²) in [7, 11) is -3.28. The van der Waals surface area contributed by atoms with Crippen molar-refractivity contribution in [3.8, 4) is 0 Å². The Bertz CT molecular complexity index is 524. The van der Waals surface area contributed by atoms with Gasteiger partial charge in [-0.3, -0.25) is 0 Å². The van der Waals surface area contributed by atoms with E-state index in [4.69, 9.17) is 4.74 Å². The van der Waals surface area contributed by atoms with Crippen LogP contribution in [0.1, 0.15) is 25.0 Å². The Morgan fingerprint density at radius 2 is 1.89 bits per heavy atom. The summed E-state index contributed by atoms with van der Waals surface area (Å²) in [5.41, 5.74) is 1.96. The number of hydrogen-bond donors (Lipinski definition) is 0. The minimum Gasteiger partial charge on any atom is -0.375 e. The number of rotatable bonds is 3. The van der Waals surface area contributed by atoms with Crippen LogP contribution in [0.5, 0.6) is 0 Å². The first-order chi connectivity index (χ1) is 8.90. The number of nitrogens with zero attached hydrogens (tertiary/aromatic N) is 1. The first-order valence-electron chi connectivity index (χ1n) is 6.57. The Morgan fingerprint density at radius 1 is 1.26 bits per heavy atom. The summed E-state index contributed by atoms with van der Waals surface area (Å²) in [5, 5.41) is 0. The van der Waals surface area contributed by atoms with Crippen LogP contribution in [0.3, 0.4) is 0 Å². The Morgan fingerprint density at radius 3 is 2.53 bits per heavy atom. The molecular formula is C14H21NO3S. The van der Waals surface area contributed by atoms with E-state index < -0.39 is 10.0 Å². The van der Waals surface area contributed by atoms with E-state index in [0.29, 0.717) is 13.2 Å². The molecule has 0 aromatic heterocycles. The molecule has 0 N–H and O–H groups in total. The molecule has 0 aliphatic carbocycles. The topological polar surface area (TPSA) is 46.6 Å². The van der Waals surface area contributed by atoms with Crippen molar-refractivity contribution in [3.63, 3.8) is 0 Å². The van der Waals surface area contributed by atoms with Crippen LogP contribution in [-0.4, -0.2) is 38.0 Å². The number of morpholine rings is 1. The van der Waals surface area contributed by atoms with Crippen molar-refractivity contribution >= 4 is 10.0 Å². The molecule has 5 heteroatoms. The lowest BCUT2D eigenvalue weighted by Gasteiger charge is -2.36. The fraction of sp³-hybridized carbons (Fsp3) is 0.571. The van der Waals surface area contributed by atoms with Gasteiger partial charge in [0.1, 0.15) is 0 Å². The highest BCUT2D eigenvalue weighted by atomic mass is 32.2. The van der Waals surface area contributed by atoms with Gasteiger partial charge in [-0.25, -0.2) is 8.42 Å². The minimum absolute atomic E-state index is 0.0541. The van der Waals surface area contributed by atoms with E-state index in [1.807, 2.05) is 45.0 Å². The standard InChI is InChI=1S/C14H21NO3S/c1-11-4-6-14(7-5-11)10-19(16,17)15-8-9-18-13(3)12(15)2/h4-7,12-13H,8-10H2,1-3H3. The molecule has 0 amide bonds. The summed E-state index contributed by atoms with van der Waals surface area (Å²) in [6, 6.07) is 7.53. The van der Waals surface area contributed by atoms with Gasteiger partial charge >= 0.3 is 0 Å². The quantitative estimate of drug-likeness (QED) is 0.851. The van der Waals surface area contributed by atoms with Crippen LogP contribution in [0.25, 0.3) is 0 Å². The zero-order valence-corrected chi connectivity index (χ0v) is 12.5. The van der Waals surface area contributed by atoms with E-state index in [1.54, 1.807) is 4.31 Å². The van der Waals surface area contributed by atoms with Gasteiger partial charge in [-0.05, 0) is 26.3 Å². The summed E-state index contributed by atoms with van der Waals surface area (Å²) >= 11 is 0. The lowest BCUT2D eigenvalue weighted by Crippen LogP contribution is -2.51. The van der Waals surface area contributed by atoms with Crippen molar-refractivity contribution in [2.24, 2.45) is 0 Å². The number of hydrogen-bond acceptors (Lipinski definition) is 3. The average molecular weight is 283 g/mol. The largest absolute Gasteiger partial charge is 0.375 e. The molecule has 2 rings (SSSR count).